The third-order valence-corrected chi connectivity index (χ3v) is 11.8. The number of carbonyl (C=O) groups excluding carboxylic acids is 11. The fourth-order valence-electron chi connectivity index (χ4n) is 7.81. The molecule has 10 amide bonds. The van der Waals surface area contributed by atoms with E-state index in [0.29, 0.717) is 19.3 Å². The lowest BCUT2D eigenvalue weighted by molar-refractivity contribution is -0.142. The molecule has 70 heavy (non-hydrogen) atoms. The average molecular weight is 985 g/mol. The van der Waals surface area contributed by atoms with Crippen LogP contribution in [-0.4, -0.2) is 158 Å². The summed E-state index contributed by atoms with van der Waals surface area (Å²) < 4.78 is 9.82. The van der Waals surface area contributed by atoms with Gasteiger partial charge in [-0.15, -0.1) is 0 Å². The van der Waals surface area contributed by atoms with E-state index in [-0.39, 0.29) is 38.0 Å². The molecule has 0 aliphatic carbocycles. The number of amides is 10. The summed E-state index contributed by atoms with van der Waals surface area (Å²) in [6.07, 6.45) is 0.809. The molecule has 2 aliphatic heterocycles. The Labute approximate surface area is 408 Å². The van der Waals surface area contributed by atoms with Gasteiger partial charge >= 0.3 is 12.1 Å². The van der Waals surface area contributed by atoms with Crippen LogP contribution in [-0.2, 0) is 64.0 Å². The van der Waals surface area contributed by atoms with Crippen molar-refractivity contribution >= 4 is 65.2 Å². The van der Waals surface area contributed by atoms with E-state index in [2.05, 4.69) is 47.3 Å². The van der Waals surface area contributed by atoms with Gasteiger partial charge in [0.1, 0.15) is 49.4 Å². The number of likely N-dealkylation sites (tertiary alicyclic amines) is 2. The maximum atomic E-state index is 13.8. The van der Waals surface area contributed by atoms with Gasteiger partial charge in [-0.3, -0.25) is 47.9 Å². The van der Waals surface area contributed by atoms with Crippen molar-refractivity contribution < 1.29 is 62.2 Å². The fraction of sp³-hybridized carbons (Fsp3) is 0.638. The molecule has 2 saturated heterocycles. The van der Waals surface area contributed by atoms with Gasteiger partial charge in [-0.1, -0.05) is 85.7 Å². The molecule has 0 aromatic heterocycles. The van der Waals surface area contributed by atoms with Crippen molar-refractivity contribution in [3.8, 4) is 0 Å². The molecule has 2 heterocycles. The van der Waals surface area contributed by atoms with Gasteiger partial charge in [0.2, 0.25) is 53.2 Å². The first-order valence-corrected chi connectivity index (χ1v) is 23.7. The van der Waals surface area contributed by atoms with E-state index < -0.39 is 139 Å². The van der Waals surface area contributed by atoms with Crippen molar-refractivity contribution in [3.05, 3.63) is 35.9 Å². The second-order valence-corrected chi connectivity index (χ2v) is 18.6. The van der Waals surface area contributed by atoms with Crippen LogP contribution in [0.25, 0.3) is 0 Å². The van der Waals surface area contributed by atoms with Gasteiger partial charge < -0.3 is 61.8 Å². The number of rotatable bonds is 24. The highest BCUT2D eigenvalue weighted by atomic mass is 16.5. The van der Waals surface area contributed by atoms with Crippen LogP contribution in [0.5, 0.6) is 0 Å². The van der Waals surface area contributed by atoms with Gasteiger partial charge in [-0.05, 0) is 54.9 Å². The highest BCUT2D eigenvalue weighted by Gasteiger charge is 2.41. The lowest BCUT2D eigenvalue weighted by atomic mass is 10.0. The molecule has 0 saturated carbocycles. The number of nitrogens with zero attached hydrogens (tertiary/aromatic N) is 2. The van der Waals surface area contributed by atoms with Crippen molar-refractivity contribution in [2.24, 2.45) is 23.7 Å². The molecule has 23 nitrogen and oxygen atoms in total. The van der Waals surface area contributed by atoms with Crippen LogP contribution in [0, 0.1) is 23.7 Å². The van der Waals surface area contributed by atoms with Gasteiger partial charge in [-0.2, -0.15) is 0 Å². The summed E-state index contributed by atoms with van der Waals surface area (Å²) in [6, 6.07) is 2.95. The van der Waals surface area contributed by atoms with E-state index in [4.69, 9.17) is 4.74 Å². The summed E-state index contributed by atoms with van der Waals surface area (Å²) in [5.41, 5.74) is 0.769. The summed E-state index contributed by atoms with van der Waals surface area (Å²) in [6.45, 7) is 12.1. The molecule has 0 bridgehead atoms. The minimum Gasteiger partial charge on any atom is -0.468 e. The van der Waals surface area contributed by atoms with Crippen LogP contribution in [0.4, 0.5) is 4.79 Å². The lowest BCUT2D eigenvalue weighted by Gasteiger charge is -2.30. The fourth-order valence-corrected chi connectivity index (χ4v) is 7.81. The molecule has 388 valence electrons. The Kier molecular flexibility index (Phi) is 23.0. The zero-order valence-corrected chi connectivity index (χ0v) is 41.6. The number of carbonyl (C=O) groups is 11. The van der Waals surface area contributed by atoms with Gasteiger partial charge in [0.05, 0.1) is 26.7 Å². The van der Waals surface area contributed by atoms with Crippen molar-refractivity contribution in [2.75, 3.05) is 46.4 Å². The van der Waals surface area contributed by atoms with Gasteiger partial charge in [0.15, 0.2) is 0 Å². The third kappa shape index (κ3) is 17.6. The van der Waals surface area contributed by atoms with E-state index in [1.165, 1.54) is 16.9 Å². The van der Waals surface area contributed by atoms with Crippen LogP contribution in [0.1, 0.15) is 86.6 Å². The van der Waals surface area contributed by atoms with E-state index >= 15 is 0 Å². The molecule has 1 aromatic rings. The smallest absolute Gasteiger partial charge is 0.408 e. The molecule has 1 aromatic carbocycles. The van der Waals surface area contributed by atoms with Crippen molar-refractivity contribution in [2.45, 2.75) is 124 Å². The number of benzene rings is 1. The Balaban J connectivity index is 1.50. The minimum atomic E-state index is -1.13. The summed E-state index contributed by atoms with van der Waals surface area (Å²) >= 11 is 0. The second-order valence-electron chi connectivity index (χ2n) is 18.6. The molecule has 8 N–H and O–H groups in total. The Morgan fingerprint density at radius 3 is 1.33 bits per heavy atom. The molecular weight excluding hydrogens is 913 g/mol. The van der Waals surface area contributed by atoms with Crippen molar-refractivity contribution in [1.29, 1.82) is 0 Å². The van der Waals surface area contributed by atoms with Crippen LogP contribution in [0.2, 0.25) is 0 Å². The van der Waals surface area contributed by atoms with Crippen LogP contribution in [0.15, 0.2) is 30.3 Å². The molecule has 0 radical (unpaired) electrons. The normalized spacial score (nSPS) is 17.2. The maximum Gasteiger partial charge on any atom is 0.408 e. The number of methoxy groups -OCH3 is 1. The van der Waals surface area contributed by atoms with E-state index in [9.17, 15) is 52.7 Å². The Bertz CT molecular complexity index is 2030. The lowest BCUT2D eigenvalue weighted by Crippen LogP contribution is -2.58. The summed E-state index contributed by atoms with van der Waals surface area (Å²) in [5, 5.41) is 20.3. The van der Waals surface area contributed by atoms with Crippen molar-refractivity contribution in [3.63, 3.8) is 0 Å². The average Bonchev–Trinajstić information content (AvgIpc) is 4.03. The third-order valence-electron chi connectivity index (χ3n) is 11.8. The first kappa shape index (κ1) is 57.5. The highest BCUT2D eigenvalue weighted by Crippen LogP contribution is 2.22. The quantitative estimate of drug-likeness (QED) is 0.0577. The first-order valence-electron chi connectivity index (χ1n) is 23.7. The second kappa shape index (κ2) is 28.0. The standard InChI is InChI=1S/C47H72N10O13/c1-26(2)37(52-33(58)21-49-42(63)32-18-14-20-57(32)46(67)40(29(7)8)55-47(68)70-25-30-15-11-10-12-16-30)43(64)50-23-35(60)54-39(28(5)6)45(66)56-19-13-17-31(56)41(62)48-22-34(59)53-38(27(3)4)44(65)51-24-36(61)69-9/h10-12,15-16,26-29,31-32,37-40H,13-14,17-25H2,1-9H3,(H,48,62)(H,49,63)(H,50,64)(H,51,65)(H,52,58)(H,53,59)(H,54,60)(H,55,68)/t31-,32-,37-,38-,39-,40-/m0/s1. The highest BCUT2D eigenvalue weighted by molar-refractivity contribution is 5.97. The first-order chi connectivity index (χ1) is 33.0. The van der Waals surface area contributed by atoms with E-state index in [1.807, 2.05) is 18.2 Å². The maximum absolute atomic E-state index is 13.8. The predicted molar refractivity (Wildman–Crippen MR) is 252 cm³/mol. The molecule has 0 spiro atoms. The zero-order valence-electron chi connectivity index (χ0n) is 41.6. The van der Waals surface area contributed by atoms with Crippen molar-refractivity contribution in [1.82, 2.24) is 52.3 Å². The molecule has 0 unspecified atom stereocenters. The predicted octanol–water partition coefficient (Wildman–Crippen LogP) is -1.02. The molecule has 23 heteroatoms. The number of hydrogen-bond donors (Lipinski definition) is 8. The van der Waals surface area contributed by atoms with Gasteiger partial charge in [0, 0.05) is 13.1 Å². The number of nitrogens with one attached hydrogen (secondary N) is 8. The van der Waals surface area contributed by atoms with Crippen LogP contribution in [0.3, 0.4) is 0 Å². The molecule has 2 fully saturated rings. The largest absolute Gasteiger partial charge is 0.468 e. The topological polar surface area (TPSA) is 309 Å². The molecule has 6 atom stereocenters. The van der Waals surface area contributed by atoms with Crippen LogP contribution >= 0.6 is 0 Å². The molecular formula is C47H72N10O13. The minimum absolute atomic E-state index is 0.00513. The van der Waals surface area contributed by atoms with E-state index in [0.717, 1.165) is 5.56 Å². The molecule has 3 rings (SSSR count). The number of hydrogen-bond acceptors (Lipinski definition) is 13. The summed E-state index contributed by atoms with van der Waals surface area (Å²) in [5.74, 6) is -7.94. The van der Waals surface area contributed by atoms with Crippen LogP contribution < -0.4 is 42.5 Å². The van der Waals surface area contributed by atoms with Gasteiger partial charge in [0.25, 0.3) is 0 Å². The number of esters is 1. The zero-order chi connectivity index (χ0) is 52.2. The summed E-state index contributed by atoms with van der Waals surface area (Å²) in [4.78, 5) is 146. The Morgan fingerprint density at radius 1 is 0.529 bits per heavy atom. The van der Waals surface area contributed by atoms with E-state index in [1.54, 1.807) is 67.5 Å². The Hall–Kier alpha value is -6.81. The monoisotopic (exact) mass is 985 g/mol. The SMILES string of the molecule is COC(=O)CNC(=O)[C@@H](NC(=O)CNC(=O)[C@@H]1CCCN1C(=O)[C@@H](NC(=O)CNC(=O)[C@@H](NC(=O)CNC(=O)[C@@H]1CCCN1C(=O)[C@@H](NC(=O)OCc1ccccc1)C(C)C)C(C)C)C(C)C)C(C)C. The summed E-state index contributed by atoms with van der Waals surface area (Å²) in [7, 11) is 1.17. The molecule has 2 aliphatic rings. The van der Waals surface area contributed by atoms with Gasteiger partial charge in [-0.25, -0.2) is 4.79 Å². The number of alkyl carbamates (subject to hydrolysis) is 1. The Morgan fingerprint density at radius 2 is 0.914 bits per heavy atom. The number of ether oxygens (including phenoxy) is 2.